The second-order valence-electron chi connectivity index (χ2n) is 3.93. The molecule has 4 N–H and O–H groups in total. The van der Waals surface area contributed by atoms with Gasteiger partial charge in [-0.2, -0.15) is 0 Å². The molecule has 0 saturated heterocycles. The first-order chi connectivity index (χ1) is 9.28. The third-order valence-electron chi connectivity index (χ3n) is 2.51. The molecule has 0 aromatic heterocycles. The molecule has 2 rings (SSSR count). The molecule has 0 aliphatic rings. The van der Waals surface area contributed by atoms with Gasteiger partial charge in [-0.3, -0.25) is 5.43 Å². The van der Waals surface area contributed by atoms with Gasteiger partial charge in [0, 0.05) is 5.69 Å². The molecule has 0 fully saturated rings. The van der Waals surface area contributed by atoms with E-state index in [4.69, 9.17) is 5.84 Å². The van der Waals surface area contributed by atoms with E-state index in [-0.39, 0.29) is 5.82 Å². The summed E-state index contributed by atoms with van der Waals surface area (Å²) < 4.78 is 12.8. The summed E-state index contributed by atoms with van der Waals surface area (Å²) in [6.45, 7) is 0.416. The lowest BCUT2D eigenvalue weighted by atomic mass is 10.2. The minimum absolute atomic E-state index is 0.257. The fourth-order valence-electron chi connectivity index (χ4n) is 1.54. The molecule has 19 heavy (non-hydrogen) atoms. The van der Waals surface area contributed by atoms with E-state index in [2.05, 4.69) is 15.7 Å². The zero-order chi connectivity index (χ0) is 13.5. The van der Waals surface area contributed by atoms with Crippen LogP contribution in [0.3, 0.4) is 0 Å². The number of rotatable bonds is 3. The molecule has 4 nitrogen and oxygen atoms in total. The minimum Gasteiger partial charge on any atom is -0.325 e. The summed E-state index contributed by atoms with van der Waals surface area (Å²) in [6, 6.07) is 15.8. The van der Waals surface area contributed by atoms with Gasteiger partial charge in [-0.15, -0.1) is 0 Å². The van der Waals surface area contributed by atoms with Crippen molar-refractivity contribution >= 4 is 11.6 Å². The Bertz CT molecular complexity index is 537. The molecule has 0 spiro atoms. The number of aliphatic imine (C=N–C) groups is 1. The molecule has 0 unspecified atom stereocenters. The average molecular weight is 258 g/mol. The Balaban J connectivity index is 2.01. The predicted molar refractivity (Wildman–Crippen MR) is 74.9 cm³/mol. The van der Waals surface area contributed by atoms with Crippen LogP contribution in [0, 0.1) is 5.82 Å². The molecule has 0 bridgehead atoms. The van der Waals surface area contributed by atoms with Gasteiger partial charge in [-0.25, -0.2) is 15.2 Å². The molecule has 98 valence electrons. The van der Waals surface area contributed by atoms with Crippen LogP contribution in [0.15, 0.2) is 59.6 Å². The normalized spacial score (nSPS) is 11.2. The van der Waals surface area contributed by atoms with Crippen LogP contribution in [0.4, 0.5) is 10.1 Å². The maximum atomic E-state index is 12.8. The number of hydrogen-bond donors (Lipinski definition) is 3. The Morgan fingerprint density at radius 3 is 2.37 bits per heavy atom. The SMILES string of the molecule is NNC(=NCc1ccc(F)cc1)Nc1ccccc1. The highest BCUT2D eigenvalue weighted by molar-refractivity contribution is 5.93. The van der Waals surface area contributed by atoms with E-state index in [1.165, 1.54) is 12.1 Å². The Morgan fingerprint density at radius 2 is 1.74 bits per heavy atom. The van der Waals surface area contributed by atoms with E-state index in [9.17, 15) is 4.39 Å². The number of halogens is 1. The summed E-state index contributed by atoms with van der Waals surface area (Å²) in [5.41, 5.74) is 4.29. The molecular weight excluding hydrogens is 243 g/mol. The van der Waals surface area contributed by atoms with E-state index < -0.39 is 0 Å². The molecular formula is C14H15FN4. The van der Waals surface area contributed by atoms with Gasteiger partial charge in [0.25, 0.3) is 0 Å². The van der Waals surface area contributed by atoms with Gasteiger partial charge >= 0.3 is 0 Å². The third kappa shape index (κ3) is 4.08. The zero-order valence-electron chi connectivity index (χ0n) is 10.3. The summed E-state index contributed by atoms with van der Waals surface area (Å²) in [5.74, 6) is 5.60. The van der Waals surface area contributed by atoms with E-state index in [0.717, 1.165) is 11.3 Å². The van der Waals surface area contributed by atoms with Gasteiger partial charge in [0.1, 0.15) is 5.82 Å². The molecule has 0 aliphatic heterocycles. The first-order valence-corrected chi connectivity index (χ1v) is 5.85. The number of anilines is 1. The third-order valence-corrected chi connectivity index (χ3v) is 2.51. The lowest BCUT2D eigenvalue weighted by Gasteiger charge is -2.08. The zero-order valence-corrected chi connectivity index (χ0v) is 10.3. The van der Waals surface area contributed by atoms with Crippen LogP contribution in [0.2, 0.25) is 0 Å². The number of nitrogens with zero attached hydrogens (tertiary/aromatic N) is 1. The number of guanidine groups is 1. The van der Waals surface area contributed by atoms with Gasteiger partial charge in [-0.05, 0) is 29.8 Å². The smallest absolute Gasteiger partial charge is 0.210 e. The molecule has 0 heterocycles. The van der Waals surface area contributed by atoms with Crippen LogP contribution >= 0.6 is 0 Å². The number of hydrogen-bond acceptors (Lipinski definition) is 2. The van der Waals surface area contributed by atoms with Crippen LogP contribution < -0.4 is 16.6 Å². The van der Waals surface area contributed by atoms with Gasteiger partial charge in [0.05, 0.1) is 6.54 Å². The van der Waals surface area contributed by atoms with Crippen molar-refractivity contribution in [1.29, 1.82) is 0 Å². The maximum absolute atomic E-state index is 12.8. The van der Waals surface area contributed by atoms with Crippen molar-refractivity contribution in [2.45, 2.75) is 6.54 Å². The van der Waals surface area contributed by atoms with Crippen molar-refractivity contribution in [2.75, 3.05) is 5.32 Å². The standard InChI is InChI=1S/C14H15FN4/c15-12-8-6-11(7-9-12)10-17-14(19-16)18-13-4-2-1-3-5-13/h1-9H,10,16H2,(H2,17,18,19). The second-order valence-corrected chi connectivity index (χ2v) is 3.93. The Morgan fingerprint density at radius 1 is 1.05 bits per heavy atom. The van der Waals surface area contributed by atoms with Crippen LogP contribution in [0.25, 0.3) is 0 Å². The predicted octanol–water partition coefficient (Wildman–Crippen LogP) is 2.26. The van der Waals surface area contributed by atoms with Crippen LogP contribution in [-0.4, -0.2) is 5.96 Å². The molecule has 0 radical (unpaired) electrons. The van der Waals surface area contributed by atoms with Crippen molar-refractivity contribution in [2.24, 2.45) is 10.8 Å². The summed E-state index contributed by atoms with van der Waals surface area (Å²) in [5, 5.41) is 3.05. The molecule has 2 aromatic rings. The van der Waals surface area contributed by atoms with Gasteiger partial charge in [-0.1, -0.05) is 30.3 Å². The molecule has 0 amide bonds. The van der Waals surface area contributed by atoms with Gasteiger partial charge in [0.15, 0.2) is 0 Å². The fraction of sp³-hybridized carbons (Fsp3) is 0.0714. The number of hydrazine groups is 1. The summed E-state index contributed by atoms with van der Waals surface area (Å²) in [6.07, 6.45) is 0. The topological polar surface area (TPSA) is 62.4 Å². The van der Waals surface area contributed by atoms with Gasteiger partial charge < -0.3 is 5.32 Å². The van der Waals surface area contributed by atoms with Crippen molar-refractivity contribution in [3.8, 4) is 0 Å². The average Bonchev–Trinajstić information content (AvgIpc) is 2.46. The number of nitrogens with one attached hydrogen (secondary N) is 2. The Hall–Kier alpha value is -2.40. The lowest BCUT2D eigenvalue weighted by molar-refractivity contribution is 0.627. The van der Waals surface area contributed by atoms with E-state index in [0.29, 0.717) is 12.5 Å². The second kappa shape index (κ2) is 6.51. The van der Waals surface area contributed by atoms with E-state index >= 15 is 0 Å². The highest BCUT2D eigenvalue weighted by Crippen LogP contribution is 2.06. The number of benzene rings is 2. The van der Waals surface area contributed by atoms with Crippen LogP contribution in [0.5, 0.6) is 0 Å². The molecule has 5 heteroatoms. The van der Waals surface area contributed by atoms with Crippen molar-refractivity contribution in [1.82, 2.24) is 5.43 Å². The summed E-state index contributed by atoms with van der Waals surface area (Å²) in [7, 11) is 0. The van der Waals surface area contributed by atoms with Crippen LogP contribution in [0.1, 0.15) is 5.56 Å². The molecule has 0 atom stereocenters. The minimum atomic E-state index is -0.257. The summed E-state index contributed by atoms with van der Waals surface area (Å²) >= 11 is 0. The van der Waals surface area contributed by atoms with E-state index in [1.54, 1.807) is 12.1 Å². The van der Waals surface area contributed by atoms with Gasteiger partial charge in [0.2, 0.25) is 5.96 Å². The Kier molecular flexibility index (Phi) is 4.47. The lowest BCUT2D eigenvalue weighted by Crippen LogP contribution is -2.36. The van der Waals surface area contributed by atoms with Crippen molar-refractivity contribution in [3.05, 3.63) is 66.0 Å². The number of para-hydroxylation sites is 1. The largest absolute Gasteiger partial charge is 0.325 e. The monoisotopic (exact) mass is 258 g/mol. The molecule has 2 aromatic carbocycles. The fourth-order valence-corrected chi connectivity index (χ4v) is 1.54. The first kappa shape index (κ1) is 13.0. The van der Waals surface area contributed by atoms with Crippen molar-refractivity contribution in [3.63, 3.8) is 0 Å². The first-order valence-electron chi connectivity index (χ1n) is 5.85. The molecule has 0 saturated carbocycles. The van der Waals surface area contributed by atoms with Crippen molar-refractivity contribution < 1.29 is 4.39 Å². The highest BCUT2D eigenvalue weighted by atomic mass is 19.1. The molecule has 0 aliphatic carbocycles. The highest BCUT2D eigenvalue weighted by Gasteiger charge is 1.98. The Labute approximate surface area is 111 Å². The number of nitrogens with two attached hydrogens (primary N) is 1. The van der Waals surface area contributed by atoms with Crippen LogP contribution in [-0.2, 0) is 6.54 Å². The van der Waals surface area contributed by atoms with E-state index in [1.807, 2.05) is 30.3 Å². The summed E-state index contributed by atoms with van der Waals surface area (Å²) in [4.78, 5) is 4.28. The quantitative estimate of drug-likeness (QED) is 0.342. The maximum Gasteiger partial charge on any atom is 0.210 e.